The Morgan fingerprint density at radius 2 is 1.95 bits per heavy atom. The highest BCUT2D eigenvalue weighted by molar-refractivity contribution is 9.10. The van der Waals surface area contributed by atoms with Crippen LogP contribution in [0.2, 0.25) is 0 Å². The first kappa shape index (κ1) is 16.7. The molecule has 1 atom stereocenters. The molecule has 0 radical (unpaired) electrons. The summed E-state index contributed by atoms with van der Waals surface area (Å²) in [6, 6.07) is 0.535. The van der Waals surface area contributed by atoms with Gasteiger partial charge in [-0.15, -0.1) is 0 Å². The largest absolute Gasteiger partial charge is 0.314 e. The van der Waals surface area contributed by atoms with Gasteiger partial charge in [0.25, 0.3) is 0 Å². The molecule has 19 heavy (non-hydrogen) atoms. The molecule has 0 aliphatic heterocycles. The second kappa shape index (κ2) is 8.05. The molecular formula is C15H28BrN3. The van der Waals surface area contributed by atoms with Gasteiger partial charge in [0.15, 0.2) is 0 Å². The van der Waals surface area contributed by atoms with Crippen LogP contribution < -0.4 is 5.32 Å². The molecule has 4 heteroatoms. The van der Waals surface area contributed by atoms with Gasteiger partial charge in [-0.3, -0.25) is 4.68 Å². The average Bonchev–Trinajstić information content (AvgIpc) is 2.66. The normalized spacial score (nSPS) is 13.2. The zero-order valence-corrected chi connectivity index (χ0v) is 14.5. The van der Waals surface area contributed by atoms with Gasteiger partial charge < -0.3 is 5.32 Å². The minimum absolute atomic E-state index is 0.535. The Morgan fingerprint density at radius 1 is 1.26 bits per heavy atom. The van der Waals surface area contributed by atoms with Crippen molar-refractivity contribution in [3.63, 3.8) is 0 Å². The van der Waals surface area contributed by atoms with Crippen molar-refractivity contribution in [3.8, 4) is 0 Å². The molecular weight excluding hydrogens is 302 g/mol. The summed E-state index contributed by atoms with van der Waals surface area (Å²) < 4.78 is 3.36. The molecule has 0 saturated carbocycles. The first-order valence-corrected chi connectivity index (χ1v) is 8.30. The van der Waals surface area contributed by atoms with E-state index in [2.05, 4.69) is 65.6 Å². The maximum atomic E-state index is 4.68. The molecule has 0 aliphatic carbocycles. The molecule has 1 rings (SSSR count). The Bertz CT molecular complexity index is 385. The van der Waals surface area contributed by atoms with Crippen LogP contribution in [0.4, 0.5) is 0 Å². The van der Waals surface area contributed by atoms with Crippen LogP contribution in [-0.4, -0.2) is 22.4 Å². The monoisotopic (exact) mass is 329 g/mol. The van der Waals surface area contributed by atoms with Gasteiger partial charge in [-0.2, -0.15) is 5.10 Å². The third-order valence-electron chi connectivity index (χ3n) is 3.38. The van der Waals surface area contributed by atoms with Gasteiger partial charge in [0.05, 0.1) is 15.9 Å². The summed E-state index contributed by atoms with van der Waals surface area (Å²) in [5.74, 6) is 0.714. The van der Waals surface area contributed by atoms with E-state index in [1.807, 2.05) is 0 Å². The summed E-state index contributed by atoms with van der Waals surface area (Å²) in [7, 11) is 0. The summed E-state index contributed by atoms with van der Waals surface area (Å²) in [6.45, 7) is 13.0. The quantitative estimate of drug-likeness (QED) is 0.786. The van der Waals surface area contributed by atoms with E-state index in [4.69, 9.17) is 0 Å². The van der Waals surface area contributed by atoms with Crippen LogP contribution in [0.15, 0.2) is 4.47 Å². The number of likely N-dealkylation sites (N-methyl/N-ethyl adjacent to an activating group) is 1. The molecule has 0 fully saturated rings. The third kappa shape index (κ3) is 4.60. The summed E-state index contributed by atoms with van der Waals surface area (Å²) in [6.07, 6.45) is 3.24. The molecule has 1 N–H and O–H groups in total. The predicted molar refractivity (Wildman–Crippen MR) is 85.6 cm³/mol. The minimum Gasteiger partial charge on any atom is -0.314 e. The van der Waals surface area contributed by atoms with E-state index >= 15 is 0 Å². The van der Waals surface area contributed by atoms with Crippen LogP contribution in [0.25, 0.3) is 0 Å². The van der Waals surface area contributed by atoms with Crippen LogP contribution >= 0.6 is 15.9 Å². The molecule has 1 unspecified atom stereocenters. The number of nitrogens with zero attached hydrogens (tertiary/aromatic N) is 2. The van der Waals surface area contributed by atoms with Gasteiger partial charge in [-0.05, 0) is 48.2 Å². The van der Waals surface area contributed by atoms with Crippen molar-refractivity contribution in [1.29, 1.82) is 0 Å². The number of rotatable bonds is 8. The van der Waals surface area contributed by atoms with Crippen LogP contribution in [-0.2, 0) is 19.4 Å². The Morgan fingerprint density at radius 3 is 2.42 bits per heavy atom. The van der Waals surface area contributed by atoms with Crippen LogP contribution in [0.5, 0.6) is 0 Å². The molecule has 0 saturated heterocycles. The van der Waals surface area contributed by atoms with Gasteiger partial charge >= 0.3 is 0 Å². The van der Waals surface area contributed by atoms with E-state index in [-0.39, 0.29) is 0 Å². The maximum Gasteiger partial charge on any atom is 0.0766 e. The lowest BCUT2D eigenvalue weighted by Gasteiger charge is -2.20. The smallest absolute Gasteiger partial charge is 0.0766 e. The van der Waals surface area contributed by atoms with Gasteiger partial charge in [0.2, 0.25) is 0 Å². The van der Waals surface area contributed by atoms with E-state index in [1.165, 1.54) is 22.3 Å². The van der Waals surface area contributed by atoms with Crippen LogP contribution in [0.1, 0.15) is 52.4 Å². The summed E-state index contributed by atoms with van der Waals surface area (Å²) >= 11 is 3.74. The summed E-state index contributed by atoms with van der Waals surface area (Å²) in [5.41, 5.74) is 2.52. The molecule has 0 bridgehead atoms. The van der Waals surface area contributed by atoms with Gasteiger partial charge in [0, 0.05) is 19.0 Å². The number of aryl methyl sites for hydroxylation is 2. The lowest BCUT2D eigenvalue weighted by Crippen LogP contribution is -2.33. The third-order valence-corrected chi connectivity index (χ3v) is 4.30. The van der Waals surface area contributed by atoms with Crippen molar-refractivity contribution in [2.24, 2.45) is 5.92 Å². The van der Waals surface area contributed by atoms with E-state index in [1.54, 1.807) is 0 Å². The first-order valence-electron chi connectivity index (χ1n) is 7.50. The van der Waals surface area contributed by atoms with Gasteiger partial charge in [0.1, 0.15) is 0 Å². The van der Waals surface area contributed by atoms with E-state index in [9.17, 15) is 0 Å². The molecule has 0 aromatic carbocycles. The zero-order chi connectivity index (χ0) is 14.4. The van der Waals surface area contributed by atoms with Crippen molar-refractivity contribution in [2.45, 2.75) is 66.5 Å². The molecule has 110 valence electrons. The first-order chi connectivity index (χ1) is 9.03. The maximum absolute atomic E-state index is 4.68. The van der Waals surface area contributed by atoms with Crippen molar-refractivity contribution in [3.05, 3.63) is 15.9 Å². The van der Waals surface area contributed by atoms with E-state index in [0.29, 0.717) is 12.0 Å². The van der Waals surface area contributed by atoms with Crippen molar-refractivity contribution >= 4 is 15.9 Å². The topological polar surface area (TPSA) is 29.9 Å². The van der Waals surface area contributed by atoms with E-state index < -0.39 is 0 Å². The molecule has 1 aromatic heterocycles. The van der Waals surface area contributed by atoms with Gasteiger partial charge in [-0.1, -0.05) is 27.7 Å². The Hall–Kier alpha value is -0.350. The summed E-state index contributed by atoms with van der Waals surface area (Å²) in [4.78, 5) is 0. The molecule has 1 aromatic rings. The van der Waals surface area contributed by atoms with Crippen LogP contribution in [0.3, 0.4) is 0 Å². The van der Waals surface area contributed by atoms with Crippen molar-refractivity contribution in [1.82, 2.24) is 15.1 Å². The fourth-order valence-corrected chi connectivity index (χ4v) is 3.27. The second-order valence-corrected chi connectivity index (χ2v) is 6.26. The lowest BCUT2D eigenvalue weighted by atomic mass is 9.99. The number of aromatic nitrogens is 2. The average molecular weight is 330 g/mol. The van der Waals surface area contributed by atoms with Crippen LogP contribution in [0, 0.1) is 5.92 Å². The molecule has 0 aliphatic rings. The molecule has 0 amide bonds. The molecule has 1 heterocycles. The Balaban J connectivity index is 2.91. The SMILES string of the molecule is CCNC(Cc1c(Br)c(CC)nn1CC)CC(C)C. The molecule has 3 nitrogen and oxygen atoms in total. The standard InChI is InChI=1S/C15H28BrN3/c1-6-13-15(16)14(19(8-3)18-13)10-12(17-7-2)9-11(4)5/h11-12,17H,6-10H2,1-5H3. The van der Waals surface area contributed by atoms with Crippen molar-refractivity contribution in [2.75, 3.05) is 6.54 Å². The number of nitrogens with one attached hydrogen (secondary N) is 1. The van der Waals surface area contributed by atoms with E-state index in [0.717, 1.165) is 25.9 Å². The Labute approximate surface area is 126 Å². The highest BCUT2D eigenvalue weighted by Gasteiger charge is 2.18. The number of hydrogen-bond acceptors (Lipinski definition) is 2. The lowest BCUT2D eigenvalue weighted by molar-refractivity contribution is 0.413. The second-order valence-electron chi connectivity index (χ2n) is 5.46. The predicted octanol–water partition coefficient (Wildman–Crippen LogP) is 3.79. The zero-order valence-electron chi connectivity index (χ0n) is 13.0. The highest BCUT2D eigenvalue weighted by Crippen LogP contribution is 2.24. The fourth-order valence-electron chi connectivity index (χ4n) is 2.54. The fraction of sp³-hybridized carbons (Fsp3) is 0.800. The molecule has 0 spiro atoms. The van der Waals surface area contributed by atoms with Gasteiger partial charge in [-0.25, -0.2) is 0 Å². The Kier molecular flexibility index (Phi) is 7.08. The summed E-state index contributed by atoms with van der Waals surface area (Å²) in [5, 5.41) is 8.29. The number of halogens is 1. The minimum atomic E-state index is 0.535. The highest BCUT2D eigenvalue weighted by atomic mass is 79.9. The number of hydrogen-bond donors (Lipinski definition) is 1. The van der Waals surface area contributed by atoms with Crippen molar-refractivity contribution < 1.29 is 0 Å².